The normalized spacial score (nSPS) is 12.1. The average Bonchev–Trinajstić information content (AvgIpc) is 2.30. The van der Waals surface area contributed by atoms with Crippen molar-refractivity contribution in [3.8, 4) is 6.07 Å². The summed E-state index contributed by atoms with van der Waals surface area (Å²) in [6.45, 7) is 3.79. The molecule has 1 aromatic rings. The maximum atomic E-state index is 11.5. The number of nitrogens with zero attached hydrogens (tertiary/aromatic N) is 1. The Morgan fingerprint density at radius 1 is 1.31 bits per heavy atom. The van der Waals surface area contributed by atoms with Crippen molar-refractivity contribution in [2.45, 2.75) is 32.6 Å². The van der Waals surface area contributed by atoms with Crippen molar-refractivity contribution in [3.05, 3.63) is 35.9 Å². The first-order chi connectivity index (χ1) is 7.65. The maximum Gasteiger partial charge on any atom is 0.135 e. The van der Waals surface area contributed by atoms with E-state index in [1.165, 1.54) is 0 Å². The minimum absolute atomic E-state index is 0.0649. The smallest absolute Gasteiger partial charge is 0.135 e. The number of Topliss-reactive ketones (excluding diaryl/α,β-unsaturated/α-hetero) is 1. The first kappa shape index (κ1) is 12.4. The summed E-state index contributed by atoms with van der Waals surface area (Å²) in [4.78, 5) is 11.5. The highest BCUT2D eigenvalue weighted by atomic mass is 16.1. The van der Waals surface area contributed by atoms with Crippen molar-refractivity contribution in [1.29, 1.82) is 5.26 Å². The lowest BCUT2D eigenvalue weighted by molar-refractivity contribution is -0.122. The number of rotatable bonds is 5. The molecule has 1 rings (SSSR count). The maximum absolute atomic E-state index is 11.5. The molecule has 0 aliphatic heterocycles. The third-order valence-corrected chi connectivity index (χ3v) is 2.68. The Labute approximate surface area is 96.9 Å². The van der Waals surface area contributed by atoms with Gasteiger partial charge in [0.05, 0.1) is 12.0 Å². The highest BCUT2D eigenvalue weighted by Gasteiger charge is 2.14. The van der Waals surface area contributed by atoms with Crippen molar-refractivity contribution in [1.82, 2.24) is 0 Å². The van der Waals surface area contributed by atoms with Gasteiger partial charge in [0, 0.05) is 12.3 Å². The van der Waals surface area contributed by atoms with E-state index in [4.69, 9.17) is 5.26 Å². The zero-order valence-electron chi connectivity index (χ0n) is 9.81. The Morgan fingerprint density at radius 3 is 2.44 bits per heavy atom. The molecule has 0 amide bonds. The quantitative estimate of drug-likeness (QED) is 0.756. The summed E-state index contributed by atoms with van der Waals surface area (Å²) >= 11 is 0. The van der Waals surface area contributed by atoms with Gasteiger partial charge in [0.2, 0.25) is 0 Å². The second-order valence-corrected chi connectivity index (χ2v) is 4.25. The van der Waals surface area contributed by atoms with Crippen LogP contribution in [0, 0.1) is 17.2 Å². The number of hydrogen-bond acceptors (Lipinski definition) is 2. The van der Waals surface area contributed by atoms with E-state index in [0.717, 1.165) is 5.56 Å². The first-order valence-electron chi connectivity index (χ1n) is 5.62. The zero-order chi connectivity index (χ0) is 12.0. The van der Waals surface area contributed by atoms with E-state index in [1.807, 2.05) is 44.2 Å². The Bertz CT molecular complexity index is 375. The van der Waals surface area contributed by atoms with Crippen molar-refractivity contribution in [2.24, 2.45) is 5.92 Å². The molecule has 0 radical (unpaired) electrons. The number of carbonyl (C=O) groups excluding carboxylic acids is 1. The standard InChI is InChI=1S/C14H17NO/c1-11(2)14(16)9-8-13(10-15)12-6-4-3-5-7-12/h3-7,11,13H,8-9H2,1-2H3. The van der Waals surface area contributed by atoms with Gasteiger partial charge in [-0.25, -0.2) is 0 Å². The fraction of sp³-hybridized carbons (Fsp3) is 0.429. The van der Waals surface area contributed by atoms with Gasteiger partial charge in [-0.05, 0) is 12.0 Å². The molecule has 0 bridgehead atoms. The number of hydrogen-bond donors (Lipinski definition) is 0. The van der Waals surface area contributed by atoms with Crippen LogP contribution in [0.25, 0.3) is 0 Å². The van der Waals surface area contributed by atoms with Gasteiger partial charge in [0.15, 0.2) is 0 Å². The fourth-order valence-electron chi connectivity index (χ4n) is 1.57. The van der Waals surface area contributed by atoms with E-state index in [-0.39, 0.29) is 17.6 Å². The number of benzene rings is 1. The van der Waals surface area contributed by atoms with E-state index in [1.54, 1.807) is 0 Å². The second kappa shape index (κ2) is 6.07. The van der Waals surface area contributed by atoms with Crippen LogP contribution in [0.15, 0.2) is 30.3 Å². The monoisotopic (exact) mass is 215 g/mol. The summed E-state index contributed by atoms with van der Waals surface area (Å²) in [5.41, 5.74) is 1.00. The highest BCUT2D eigenvalue weighted by molar-refractivity contribution is 5.80. The second-order valence-electron chi connectivity index (χ2n) is 4.25. The summed E-state index contributed by atoms with van der Waals surface area (Å²) in [5.74, 6) is 0.134. The molecule has 0 aliphatic carbocycles. The SMILES string of the molecule is CC(C)C(=O)CCC(C#N)c1ccccc1. The Kier molecular flexibility index (Phi) is 4.72. The molecule has 0 aliphatic rings. The topological polar surface area (TPSA) is 40.9 Å². The Morgan fingerprint density at radius 2 is 1.94 bits per heavy atom. The minimum atomic E-state index is -0.163. The van der Waals surface area contributed by atoms with E-state index >= 15 is 0 Å². The van der Waals surface area contributed by atoms with Gasteiger partial charge in [-0.2, -0.15) is 5.26 Å². The number of nitriles is 1. The van der Waals surface area contributed by atoms with Crippen LogP contribution in [-0.2, 0) is 4.79 Å². The van der Waals surface area contributed by atoms with Crippen LogP contribution in [0.1, 0.15) is 38.2 Å². The highest BCUT2D eigenvalue weighted by Crippen LogP contribution is 2.21. The lowest BCUT2D eigenvalue weighted by Gasteiger charge is -2.09. The van der Waals surface area contributed by atoms with E-state index < -0.39 is 0 Å². The predicted octanol–water partition coefficient (Wildman–Crippen LogP) is 3.30. The molecule has 1 atom stereocenters. The molecule has 84 valence electrons. The molecular formula is C14H17NO. The molecule has 0 saturated carbocycles. The van der Waals surface area contributed by atoms with Crippen molar-refractivity contribution in [2.75, 3.05) is 0 Å². The lowest BCUT2D eigenvalue weighted by Crippen LogP contribution is -2.08. The van der Waals surface area contributed by atoms with E-state index in [0.29, 0.717) is 12.8 Å². The van der Waals surface area contributed by atoms with Crippen molar-refractivity contribution < 1.29 is 4.79 Å². The van der Waals surface area contributed by atoms with Crippen LogP contribution in [-0.4, -0.2) is 5.78 Å². The Balaban J connectivity index is 2.58. The van der Waals surface area contributed by atoms with Gasteiger partial charge in [0.1, 0.15) is 5.78 Å². The van der Waals surface area contributed by atoms with Gasteiger partial charge in [-0.3, -0.25) is 4.79 Å². The summed E-state index contributed by atoms with van der Waals surface area (Å²) in [5, 5.41) is 9.07. The van der Waals surface area contributed by atoms with Crippen molar-refractivity contribution >= 4 is 5.78 Å². The molecule has 0 aromatic heterocycles. The van der Waals surface area contributed by atoms with E-state index in [2.05, 4.69) is 6.07 Å². The number of carbonyl (C=O) groups is 1. The van der Waals surface area contributed by atoms with Gasteiger partial charge in [-0.15, -0.1) is 0 Å². The largest absolute Gasteiger partial charge is 0.299 e. The van der Waals surface area contributed by atoms with Gasteiger partial charge in [-0.1, -0.05) is 44.2 Å². The third kappa shape index (κ3) is 3.51. The molecule has 16 heavy (non-hydrogen) atoms. The minimum Gasteiger partial charge on any atom is -0.299 e. The molecular weight excluding hydrogens is 198 g/mol. The van der Waals surface area contributed by atoms with Crippen molar-refractivity contribution in [3.63, 3.8) is 0 Å². The molecule has 1 aromatic carbocycles. The van der Waals surface area contributed by atoms with Crippen LogP contribution in [0.5, 0.6) is 0 Å². The number of ketones is 1. The van der Waals surface area contributed by atoms with Crippen LogP contribution < -0.4 is 0 Å². The molecule has 2 nitrogen and oxygen atoms in total. The van der Waals surface area contributed by atoms with Crippen LogP contribution in [0.3, 0.4) is 0 Å². The first-order valence-corrected chi connectivity index (χ1v) is 5.62. The predicted molar refractivity (Wildman–Crippen MR) is 63.9 cm³/mol. The summed E-state index contributed by atoms with van der Waals surface area (Å²) in [6, 6.07) is 11.9. The molecule has 0 N–H and O–H groups in total. The lowest BCUT2D eigenvalue weighted by atomic mass is 9.92. The van der Waals surface area contributed by atoms with E-state index in [9.17, 15) is 4.79 Å². The average molecular weight is 215 g/mol. The van der Waals surface area contributed by atoms with Crippen LogP contribution in [0.4, 0.5) is 0 Å². The molecule has 0 heterocycles. The molecule has 0 spiro atoms. The van der Waals surface area contributed by atoms with Crippen LogP contribution >= 0.6 is 0 Å². The van der Waals surface area contributed by atoms with Gasteiger partial charge < -0.3 is 0 Å². The zero-order valence-corrected chi connectivity index (χ0v) is 9.81. The van der Waals surface area contributed by atoms with Gasteiger partial charge >= 0.3 is 0 Å². The molecule has 0 saturated heterocycles. The van der Waals surface area contributed by atoms with Crippen LogP contribution in [0.2, 0.25) is 0 Å². The Hall–Kier alpha value is -1.62. The summed E-state index contributed by atoms with van der Waals surface area (Å²) < 4.78 is 0. The molecule has 2 heteroatoms. The third-order valence-electron chi connectivity index (χ3n) is 2.68. The molecule has 0 fully saturated rings. The molecule has 1 unspecified atom stereocenters. The van der Waals surface area contributed by atoms with Gasteiger partial charge in [0.25, 0.3) is 0 Å². The summed E-state index contributed by atoms with van der Waals surface area (Å²) in [7, 11) is 0. The fourth-order valence-corrected chi connectivity index (χ4v) is 1.57. The summed E-state index contributed by atoms with van der Waals surface area (Å²) in [6.07, 6.45) is 1.11.